The maximum Gasteiger partial charge on any atom is 0.303 e. The zero-order valence-electron chi connectivity index (χ0n) is 34.7. The second kappa shape index (κ2) is 17.9. The van der Waals surface area contributed by atoms with Crippen molar-refractivity contribution in [3.8, 4) is 0 Å². The third-order valence-corrected chi connectivity index (χ3v) is 11.5. The lowest BCUT2D eigenvalue weighted by molar-refractivity contribution is -0.166. The lowest BCUT2D eigenvalue weighted by atomic mass is 9.77. The van der Waals surface area contributed by atoms with Crippen LogP contribution in [-0.4, -0.2) is 56.4 Å². The van der Waals surface area contributed by atoms with Gasteiger partial charge in [0.1, 0.15) is 23.6 Å². The maximum absolute atomic E-state index is 12.9. The van der Waals surface area contributed by atoms with Gasteiger partial charge in [-0.3, -0.25) is 14.2 Å². The van der Waals surface area contributed by atoms with Gasteiger partial charge in [-0.15, -0.1) is 0 Å². The van der Waals surface area contributed by atoms with Crippen molar-refractivity contribution < 1.29 is 28.5 Å². The van der Waals surface area contributed by atoms with Gasteiger partial charge in [0, 0.05) is 13.8 Å². The van der Waals surface area contributed by atoms with Crippen LogP contribution in [0.4, 0.5) is 5.82 Å². The molecule has 0 spiro atoms. The van der Waals surface area contributed by atoms with E-state index in [9.17, 15) is 9.59 Å². The van der Waals surface area contributed by atoms with Gasteiger partial charge in [0.05, 0.1) is 12.9 Å². The molecule has 0 bridgehead atoms. The molecular formula is C52H45N5O6. The second-order valence-corrected chi connectivity index (χ2v) is 15.3. The summed E-state index contributed by atoms with van der Waals surface area (Å²) in [5, 5.41) is 3.82. The van der Waals surface area contributed by atoms with Gasteiger partial charge in [-0.25, -0.2) is 15.0 Å². The monoisotopic (exact) mass is 835 g/mol. The van der Waals surface area contributed by atoms with Crippen molar-refractivity contribution in [2.24, 2.45) is 0 Å². The Labute approximate surface area is 365 Å². The van der Waals surface area contributed by atoms with E-state index < -0.39 is 47.6 Å². The van der Waals surface area contributed by atoms with Gasteiger partial charge in [0.2, 0.25) is 0 Å². The van der Waals surface area contributed by atoms with Crippen LogP contribution < -0.4 is 5.32 Å². The summed E-state index contributed by atoms with van der Waals surface area (Å²) < 4.78 is 27.7. The van der Waals surface area contributed by atoms with E-state index in [1.807, 2.05) is 146 Å². The van der Waals surface area contributed by atoms with Crippen LogP contribution >= 0.6 is 0 Å². The first-order valence-corrected chi connectivity index (χ1v) is 20.8. The first-order chi connectivity index (χ1) is 30.9. The average molecular weight is 836 g/mol. The van der Waals surface area contributed by atoms with Crippen LogP contribution in [0.1, 0.15) is 53.5 Å². The molecule has 2 aromatic heterocycles. The van der Waals surface area contributed by atoms with E-state index in [0.717, 1.165) is 33.4 Å². The zero-order valence-corrected chi connectivity index (χ0v) is 34.7. The highest BCUT2D eigenvalue weighted by Crippen LogP contribution is 2.44. The molecule has 0 unspecified atom stereocenters. The number of rotatable bonds is 14. The van der Waals surface area contributed by atoms with Gasteiger partial charge in [0.15, 0.2) is 35.4 Å². The molecular weight excluding hydrogens is 791 g/mol. The summed E-state index contributed by atoms with van der Waals surface area (Å²) in [5.41, 5.74) is 4.40. The third kappa shape index (κ3) is 7.84. The quantitative estimate of drug-likeness (QED) is 0.0838. The number of hydrogen-bond acceptors (Lipinski definition) is 10. The van der Waals surface area contributed by atoms with E-state index in [1.165, 1.54) is 20.2 Å². The number of benzene rings is 6. The number of aromatic nitrogens is 4. The van der Waals surface area contributed by atoms with Crippen molar-refractivity contribution in [2.75, 3.05) is 11.9 Å². The summed E-state index contributed by atoms with van der Waals surface area (Å²) in [7, 11) is 0. The number of nitrogens with one attached hydrogen (secondary N) is 1. The minimum Gasteiger partial charge on any atom is -0.456 e. The van der Waals surface area contributed by atoms with Gasteiger partial charge in [-0.05, 0) is 33.4 Å². The molecule has 0 aliphatic carbocycles. The van der Waals surface area contributed by atoms with E-state index in [0.29, 0.717) is 17.0 Å². The summed E-state index contributed by atoms with van der Waals surface area (Å²) in [6, 6.07) is 60.4. The fourth-order valence-corrected chi connectivity index (χ4v) is 8.78. The summed E-state index contributed by atoms with van der Waals surface area (Å²) in [5.74, 6) is -0.707. The molecule has 1 fully saturated rings. The van der Waals surface area contributed by atoms with Crippen LogP contribution in [0.25, 0.3) is 11.2 Å². The highest BCUT2D eigenvalue weighted by atomic mass is 16.7. The molecule has 314 valence electrons. The smallest absolute Gasteiger partial charge is 0.303 e. The van der Waals surface area contributed by atoms with Crippen LogP contribution in [0.3, 0.4) is 0 Å². The molecule has 1 aliphatic rings. The molecule has 11 heteroatoms. The molecule has 1 N–H and O–H groups in total. The highest BCUT2D eigenvalue weighted by molar-refractivity contribution is 5.84. The van der Waals surface area contributed by atoms with Gasteiger partial charge < -0.3 is 24.3 Å². The second-order valence-electron chi connectivity index (χ2n) is 15.3. The van der Waals surface area contributed by atoms with E-state index in [1.54, 1.807) is 10.9 Å². The van der Waals surface area contributed by atoms with E-state index >= 15 is 0 Å². The standard InChI is InChI=1S/C52H45N5O6/c1-36(58)61-46-44(33-60-52(41-27-15-6-16-28-41,42-29-17-7-18-30-42)43-31-19-8-20-32-43)63-50(47(46)62-37(2)59)57-35-55-45-48(53-34-54-49(45)57)56-51(38-21-9-3-10-22-38,39-23-11-4-12-24-39)40-25-13-5-14-26-40/h3-32,34-35,44,46-47,50H,33H2,1-2H3,(H,53,54,56)/t44-,46-,47-,50-/m1/s1. The molecule has 1 saturated heterocycles. The van der Waals surface area contributed by atoms with Crippen LogP contribution in [-0.2, 0) is 39.7 Å². The number of hydrogen-bond donors (Lipinski definition) is 1. The number of fused-ring (bicyclic) bond motifs is 1. The Bertz CT molecular complexity index is 2580. The van der Waals surface area contributed by atoms with Gasteiger partial charge in [-0.1, -0.05) is 182 Å². The predicted molar refractivity (Wildman–Crippen MR) is 238 cm³/mol. The van der Waals surface area contributed by atoms with E-state index in [2.05, 4.69) is 41.7 Å². The number of anilines is 1. The van der Waals surface area contributed by atoms with Crippen molar-refractivity contribution in [2.45, 2.75) is 49.5 Å². The van der Waals surface area contributed by atoms with Crippen molar-refractivity contribution in [3.63, 3.8) is 0 Å². The molecule has 9 rings (SSSR count). The number of esters is 2. The largest absolute Gasteiger partial charge is 0.456 e. The lowest BCUT2D eigenvalue weighted by Gasteiger charge is -2.37. The SMILES string of the molecule is CC(=O)O[C@@H]1[C@H](OC(C)=O)[C@@H](COC(c2ccccc2)(c2ccccc2)c2ccccc2)O[C@H]1n1cnc2c(NC(c3ccccc3)(c3ccccc3)c3ccccc3)ncnc21. The maximum atomic E-state index is 12.9. The average Bonchev–Trinajstić information content (AvgIpc) is 3.91. The summed E-state index contributed by atoms with van der Waals surface area (Å²) in [4.78, 5) is 40.1. The number of carbonyl (C=O) groups is 2. The molecule has 0 amide bonds. The minimum atomic E-state index is -1.11. The predicted octanol–water partition coefficient (Wildman–Crippen LogP) is 9.00. The van der Waals surface area contributed by atoms with Crippen LogP contribution in [0.2, 0.25) is 0 Å². The van der Waals surface area contributed by atoms with E-state index in [-0.39, 0.29) is 6.61 Å². The van der Waals surface area contributed by atoms with Crippen LogP contribution in [0.5, 0.6) is 0 Å². The van der Waals surface area contributed by atoms with Gasteiger partial charge in [-0.2, -0.15) is 0 Å². The number of carbonyl (C=O) groups excluding carboxylic acids is 2. The Morgan fingerprint density at radius 2 is 0.984 bits per heavy atom. The molecule has 3 heterocycles. The molecule has 0 radical (unpaired) electrons. The fraction of sp³-hybridized carbons (Fsp3) is 0.173. The Hall–Kier alpha value is -7.47. The van der Waals surface area contributed by atoms with Gasteiger partial charge in [0.25, 0.3) is 0 Å². The van der Waals surface area contributed by atoms with Crippen molar-refractivity contribution in [3.05, 3.63) is 228 Å². The lowest BCUT2D eigenvalue weighted by Crippen LogP contribution is -2.42. The van der Waals surface area contributed by atoms with Crippen LogP contribution in [0, 0.1) is 0 Å². The molecule has 6 aromatic carbocycles. The van der Waals surface area contributed by atoms with E-state index in [4.69, 9.17) is 33.9 Å². The molecule has 63 heavy (non-hydrogen) atoms. The Kier molecular flexibility index (Phi) is 11.6. The first-order valence-electron chi connectivity index (χ1n) is 20.8. The summed E-state index contributed by atoms with van der Waals surface area (Å²) in [6.45, 7) is 2.55. The van der Waals surface area contributed by atoms with Crippen molar-refractivity contribution in [1.29, 1.82) is 0 Å². The molecule has 11 nitrogen and oxygen atoms in total. The highest BCUT2D eigenvalue weighted by Gasteiger charge is 2.52. The number of ether oxygens (including phenoxy) is 4. The molecule has 4 atom stereocenters. The third-order valence-electron chi connectivity index (χ3n) is 11.5. The molecule has 8 aromatic rings. The Morgan fingerprint density at radius 1 is 0.571 bits per heavy atom. The van der Waals surface area contributed by atoms with Crippen molar-refractivity contribution in [1.82, 2.24) is 19.5 Å². The van der Waals surface area contributed by atoms with Crippen molar-refractivity contribution >= 4 is 28.9 Å². The summed E-state index contributed by atoms with van der Waals surface area (Å²) >= 11 is 0. The van der Waals surface area contributed by atoms with Gasteiger partial charge >= 0.3 is 11.9 Å². The normalized spacial score (nSPS) is 17.6. The molecule has 1 aliphatic heterocycles. The topological polar surface area (TPSA) is 127 Å². The Balaban J connectivity index is 1.13. The molecule has 0 saturated carbocycles. The minimum absolute atomic E-state index is 0.0763. The number of nitrogens with zero attached hydrogens (tertiary/aromatic N) is 4. The number of imidazole rings is 1. The summed E-state index contributed by atoms with van der Waals surface area (Å²) in [6.07, 6.45) is -1.10. The van der Waals surface area contributed by atoms with Crippen LogP contribution in [0.15, 0.2) is 195 Å². The zero-order chi connectivity index (χ0) is 43.2. The Morgan fingerprint density at radius 3 is 1.41 bits per heavy atom. The first kappa shape index (κ1) is 40.9. The fourth-order valence-electron chi connectivity index (χ4n) is 8.78.